The molecule has 122 valence electrons. The molecule has 0 radical (unpaired) electrons. The van der Waals surface area contributed by atoms with Gasteiger partial charge in [0.05, 0.1) is 12.6 Å². The van der Waals surface area contributed by atoms with Crippen LogP contribution in [0.3, 0.4) is 0 Å². The summed E-state index contributed by atoms with van der Waals surface area (Å²) in [5.74, 6) is 0.430. The Morgan fingerprint density at radius 3 is 1.91 bits per heavy atom. The summed E-state index contributed by atoms with van der Waals surface area (Å²) in [5, 5.41) is 6.42. The molecule has 0 bridgehead atoms. The summed E-state index contributed by atoms with van der Waals surface area (Å²) in [7, 11) is 0. The Bertz CT molecular complexity index is 596. The number of carbonyl (C=O) groups excluding carboxylic acids is 1. The van der Waals surface area contributed by atoms with E-state index in [0.29, 0.717) is 12.5 Å². The Kier molecular flexibility index (Phi) is 6.36. The lowest BCUT2D eigenvalue weighted by molar-refractivity contribution is -0.121. The third kappa shape index (κ3) is 5.22. The van der Waals surface area contributed by atoms with Crippen molar-refractivity contribution in [3.63, 3.8) is 0 Å². The summed E-state index contributed by atoms with van der Waals surface area (Å²) in [6.45, 7) is 6.64. The van der Waals surface area contributed by atoms with Crippen LogP contribution in [0, 0.1) is 5.92 Å². The number of carbonyl (C=O) groups is 1. The minimum Gasteiger partial charge on any atom is -0.348 e. The molecule has 0 fully saturated rings. The summed E-state index contributed by atoms with van der Waals surface area (Å²) in [6.07, 6.45) is 0. The van der Waals surface area contributed by atoms with E-state index in [1.54, 1.807) is 0 Å². The highest BCUT2D eigenvalue weighted by Gasteiger charge is 2.17. The zero-order chi connectivity index (χ0) is 16.7. The molecule has 2 N–H and O–H groups in total. The quantitative estimate of drug-likeness (QED) is 0.815. The van der Waals surface area contributed by atoms with E-state index in [2.05, 4.69) is 36.6 Å². The minimum absolute atomic E-state index is 0.0136. The lowest BCUT2D eigenvalue weighted by Crippen LogP contribution is -2.38. The van der Waals surface area contributed by atoms with Crippen LogP contribution < -0.4 is 10.6 Å². The van der Waals surface area contributed by atoms with Crippen LogP contribution in [-0.2, 0) is 4.79 Å². The van der Waals surface area contributed by atoms with Crippen molar-refractivity contribution < 1.29 is 4.79 Å². The molecule has 0 saturated carbocycles. The summed E-state index contributed by atoms with van der Waals surface area (Å²) in [4.78, 5) is 12.2. The van der Waals surface area contributed by atoms with Gasteiger partial charge in [0.1, 0.15) is 0 Å². The summed E-state index contributed by atoms with van der Waals surface area (Å²) < 4.78 is 0. The Hall–Kier alpha value is -2.13. The summed E-state index contributed by atoms with van der Waals surface area (Å²) in [6, 6.07) is 20.5. The molecule has 23 heavy (non-hydrogen) atoms. The van der Waals surface area contributed by atoms with Gasteiger partial charge in [0.15, 0.2) is 0 Å². The number of benzene rings is 2. The molecule has 0 aromatic heterocycles. The predicted molar refractivity (Wildman–Crippen MR) is 95.0 cm³/mol. The van der Waals surface area contributed by atoms with E-state index in [-0.39, 0.29) is 18.0 Å². The number of hydrogen-bond donors (Lipinski definition) is 2. The van der Waals surface area contributed by atoms with E-state index >= 15 is 0 Å². The van der Waals surface area contributed by atoms with Gasteiger partial charge in [-0.25, -0.2) is 0 Å². The van der Waals surface area contributed by atoms with Crippen LogP contribution in [0.2, 0.25) is 0 Å². The van der Waals surface area contributed by atoms with Gasteiger partial charge in [0.25, 0.3) is 0 Å². The van der Waals surface area contributed by atoms with Gasteiger partial charge < -0.3 is 10.6 Å². The summed E-state index contributed by atoms with van der Waals surface area (Å²) >= 11 is 0. The van der Waals surface area contributed by atoms with Gasteiger partial charge in [0.2, 0.25) is 5.91 Å². The second-order valence-electron chi connectivity index (χ2n) is 6.21. The molecule has 0 unspecified atom stereocenters. The maximum Gasteiger partial charge on any atom is 0.234 e. The predicted octanol–water partition coefficient (Wildman–Crippen LogP) is 3.85. The largest absolute Gasteiger partial charge is 0.348 e. The molecule has 0 aliphatic carbocycles. The standard InChI is InChI=1S/C20H26N2O/c1-15(2)20(18-12-8-5-9-13-18)21-14-19(23)22-16(3)17-10-6-4-7-11-17/h4-13,15-16,20-21H,14H2,1-3H3,(H,22,23)/t16-,20+/m1/s1. The molecule has 0 aliphatic rings. The number of rotatable bonds is 7. The lowest BCUT2D eigenvalue weighted by atomic mass is 9.96. The maximum absolute atomic E-state index is 12.2. The first kappa shape index (κ1) is 17.2. The van der Waals surface area contributed by atoms with E-state index in [4.69, 9.17) is 0 Å². The second-order valence-corrected chi connectivity index (χ2v) is 6.21. The normalized spacial score (nSPS) is 13.6. The van der Waals surface area contributed by atoms with E-state index in [9.17, 15) is 4.79 Å². The van der Waals surface area contributed by atoms with Crippen molar-refractivity contribution in [3.8, 4) is 0 Å². The molecule has 3 nitrogen and oxygen atoms in total. The summed E-state index contributed by atoms with van der Waals surface area (Å²) in [5.41, 5.74) is 2.33. The van der Waals surface area contributed by atoms with Gasteiger partial charge in [-0.05, 0) is 24.0 Å². The number of hydrogen-bond acceptors (Lipinski definition) is 2. The first-order valence-electron chi connectivity index (χ1n) is 8.20. The van der Waals surface area contributed by atoms with Gasteiger partial charge in [0, 0.05) is 6.04 Å². The van der Waals surface area contributed by atoms with Gasteiger partial charge in [-0.1, -0.05) is 74.5 Å². The molecule has 2 aromatic carbocycles. The van der Waals surface area contributed by atoms with Crippen LogP contribution in [0.25, 0.3) is 0 Å². The van der Waals surface area contributed by atoms with Gasteiger partial charge in [-0.15, -0.1) is 0 Å². The van der Waals surface area contributed by atoms with Crippen LogP contribution in [0.4, 0.5) is 0 Å². The SMILES string of the molecule is CC(C)[C@H](NCC(=O)N[C@H](C)c1ccccc1)c1ccccc1. The molecule has 0 aliphatic heterocycles. The maximum atomic E-state index is 12.2. The smallest absolute Gasteiger partial charge is 0.234 e. The molecular formula is C20H26N2O. The Balaban J connectivity index is 1.89. The number of nitrogens with one attached hydrogen (secondary N) is 2. The zero-order valence-electron chi connectivity index (χ0n) is 14.1. The number of amides is 1. The topological polar surface area (TPSA) is 41.1 Å². The highest BCUT2D eigenvalue weighted by Crippen LogP contribution is 2.21. The van der Waals surface area contributed by atoms with Crippen molar-refractivity contribution in [2.45, 2.75) is 32.9 Å². The zero-order valence-corrected chi connectivity index (χ0v) is 14.1. The van der Waals surface area contributed by atoms with E-state index in [1.807, 2.05) is 55.5 Å². The van der Waals surface area contributed by atoms with E-state index in [1.165, 1.54) is 5.56 Å². The van der Waals surface area contributed by atoms with Crippen LogP contribution >= 0.6 is 0 Å². The third-order valence-corrected chi connectivity index (χ3v) is 3.98. The van der Waals surface area contributed by atoms with Crippen LogP contribution in [0.15, 0.2) is 60.7 Å². The van der Waals surface area contributed by atoms with Crippen molar-refractivity contribution in [2.24, 2.45) is 5.92 Å². The molecule has 2 aromatic rings. The second kappa shape index (κ2) is 8.49. The minimum atomic E-state index is 0.0136. The Morgan fingerprint density at radius 2 is 1.39 bits per heavy atom. The fraction of sp³-hybridized carbons (Fsp3) is 0.350. The highest BCUT2D eigenvalue weighted by molar-refractivity contribution is 5.78. The van der Waals surface area contributed by atoms with Gasteiger partial charge in [-0.2, -0.15) is 0 Å². The molecule has 3 heteroatoms. The molecule has 1 amide bonds. The molecular weight excluding hydrogens is 284 g/mol. The van der Waals surface area contributed by atoms with Gasteiger partial charge in [-0.3, -0.25) is 4.79 Å². The van der Waals surface area contributed by atoms with Crippen LogP contribution in [-0.4, -0.2) is 12.5 Å². The highest BCUT2D eigenvalue weighted by atomic mass is 16.1. The Morgan fingerprint density at radius 1 is 0.870 bits per heavy atom. The van der Waals surface area contributed by atoms with Gasteiger partial charge >= 0.3 is 0 Å². The fourth-order valence-corrected chi connectivity index (χ4v) is 2.72. The average molecular weight is 310 g/mol. The molecule has 0 saturated heterocycles. The molecule has 2 rings (SSSR count). The van der Waals surface area contributed by atoms with Crippen LogP contribution in [0.5, 0.6) is 0 Å². The van der Waals surface area contributed by atoms with Crippen molar-refractivity contribution in [1.29, 1.82) is 0 Å². The lowest BCUT2D eigenvalue weighted by Gasteiger charge is -2.23. The van der Waals surface area contributed by atoms with Crippen molar-refractivity contribution in [2.75, 3.05) is 6.54 Å². The Labute approximate surface area is 139 Å². The van der Waals surface area contributed by atoms with Crippen molar-refractivity contribution >= 4 is 5.91 Å². The molecule has 0 heterocycles. The molecule has 2 atom stereocenters. The molecule has 0 spiro atoms. The first-order valence-corrected chi connectivity index (χ1v) is 8.20. The third-order valence-electron chi connectivity index (χ3n) is 3.98. The van der Waals surface area contributed by atoms with E-state index in [0.717, 1.165) is 5.56 Å². The first-order chi connectivity index (χ1) is 11.1. The fourth-order valence-electron chi connectivity index (χ4n) is 2.72. The van der Waals surface area contributed by atoms with Crippen LogP contribution in [0.1, 0.15) is 44.0 Å². The average Bonchev–Trinajstić information content (AvgIpc) is 2.56. The van der Waals surface area contributed by atoms with Crippen molar-refractivity contribution in [1.82, 2.24) is 10.6 Å². The van der Waals surface area contributed by atoms with E-state index < -0.39 is 0 Å². The monoisotopic (exact) mass is 310 g/mol. The van der Waals surface area contributed by atoms with Crippen molar-refractivity contribution in [3.05, 3.63) is 71.8 Å².